The number of hydrogen-bond donors (Lipinski definition) is 4. The van der Waals surface area contributed by atoms with Gasteiger partial charge in [0, 0.05) is 6.20 Å². The quantitative estimate of drug-likeness (QED) is 0.615. The fourth-order valence-corrected chi connectivity index (χ4v) is 1.45. The van der Waals surface area contributed by atoms with Gasteiger partial charge in [0.05, 0.1) is 19.8 Å². The van der Waals surface area contributed by atoms with E-state index in [1.165, 1.54) is 0 Å². The van der Waals surface area contributed by atoms with Gasteiger partial charge in [0.25, 0.3) is 0 Å². The Kier molecular flexibility index (Phi) is 4.67. The third kappa shape index (κ3) is 3.41. The monoisotopic (exact) mass is 254 g/mol. The van der Waals surface area contributed by atoms with Gasteiger partial charge >= 0.3 is 0 Å². The highest BCUT2D eigenvalue weighted by atomic mass is 16.3. The molecule has 0 aliphatic heterocycles. The van der Waals surface area contributed by atoms with Crippen LogP contribution >= 0.6 is 0 Å². The lowest BCUT2D eigenvalue weighted by Gasteiger charge is -2.29. The van der Waals surface area contributed by atoms with Gasteiger partial charge in [0.2, 0.25) is 0 Å². The van der Waals surface area contributed by atoms with Crippen LogP contribution in [0.4, 0.5) is 5.82 Å². The highest BCUT2D eigenvalue weighted by Gasteiger charge is 2.28. The average molecular weight is 254 g/mol. The molecule has 1 heterocycles. The van der Waals surface area contributed by atoms with Crippen molar-refractivity contribution in [3.8, 4) is 0 Å². The molecule has 0 aliphatic carbocycles. The van der Waals surface area contributed by atoms with Crippen LogP contribution in [-0.2, 0) is 5.41 Å². The van der Waals surface area contributed by atoms with E-state index in [0.29, 0.717) is 5.82 Å². The first-order valence-corrected chi connectivity index (χ1v) is 5.94. The minimum Gasteiger partial charge on any atom is -0.394 e. The molecule has 0 spiro atoms. The summed E-state index contributed by atoms with van der Waals surface area (Å²) in [5.74, 6) is 0.514. The Morgan fingerprint density at radius 1 is 1.06 bits per heavy atom. The summed E-state index contributed by atoms with van der Waals surface area (Å²) in [6.45, 7) is 5.16. The number of anilines is 1. The van der Waals surface area contributed by atoms with Crippen molar-refractivity contribution in [2.24, 2.45) is 0 Å². The van der Waals surface area contributed by atoms with Crippen molar-refractivity contribution in [1.82, 2.24) is 4.98 Å². The van der Waals surface area contributed by atoms with Crippen LogP contribution < -0.4 is 5.32 Å². The standard InChI is InChI=1S/C13H22N2O3/c1-12(2,3)10-4-5-11(14-6-10)15-13(7-16,8-17)9-18/h4-6,16-18H,7-9H2,1-3H3,(H,14,15). The van der Waals surface area contributed by atoms with Crippen LogP contribution in [0.25, 0.3) is 0 Å². The number of pyridine rings is 1. The van der Waals surface area contributed by atoms with E-state index in [2.05, 4.69) is 31.1 Å². The Hall–Kier alpha value is -1.17. The minimum absolute atomic E-state index is 0.0214. The second kappa shape index (κ2) is 5.65. The second-order valence-corrected chi connectivity index (χ2v) is 5.56. The molecule has 0 aliphatic rings. The maximum absolute atomic E-state index is 9.21. The molecule has 0 bridgehead atoms. The number of nitrogens with zero attached hydrogens (tertiary/aromatic N) is 1. The Balaban J connectivity index is 2.86. The predicted octanol–water partition coefficient (Wildman–Crippen LogP) is 0.507. The zero-order valence-electron chi connectivity index (χ0n) is 11.1. The summed E-state index contributed by atoms with van der Waals surface area (Å²) in [4.78, 5) is 4.23. The SMILES string of the molecule is CC(C)(C)c1ccc(NC(CO)(CO)CO)nc1. The Morgan fingerprint density at radius 3 is 1.94 bits per heavy atom. The van der Waals surface area contributed by atoms with Gasteiger partial charge in [-0.15, -0.1) is 0 Å². The van der Waals surface area contributed by atoms with Crippen LogP contribution in [-0.4, -0.2) is 45.7 Å². The summed E-state index contributed by atoms with van der Waals surface area (Å²) in [6, 6.07) is 3.71. The molecule has 102 valence electrons. The van der Waals surface area contributed by atoms with Crippen molar-refractivity contribution >= 4 is 5.82 Å². The minimum atomic E-state index is -1.14. The van der Waals surface area contributed by atoms with Crippen LogP contribution in [0.5, 0.6) is 0 Å². The molecule has 4 N–H and O–H groups in total. The van der Waals surface area contributed by atoms with E-state index in [4.69, 9.17) is 0 Å². The van der Waals surface area contributed by atoms with Crippen LogP contribution in [0.15, 0.2) is 18.3 Å². The zero-order chi connectivity index (χ0) is 13.8. The number of nitrogens with one attached hydrogen (secondary N) is 1. The first-order chi connectivity index (χ1) is 8.37. The van der Waals surface area contributed by atoms with Crippen molar-refractivity contribution in [2.75, 3.05) is 25.1 Å². The topological polar surface area (TPSA) is 85.6 Å². The van der Waals surface area contributed by atoms with E-state index < -0.39 is 5.54 Å². The van der Waals surface area contributed by atoms with Gasteiger partial charge < -0.3 is 20.6 Å². The maximum Gasteiger partial charge on any atom is 0.126 e. The van der Waals surface area contributed by atoms with Gasteiger partial charge in [-0.25, -0.2) is 4.98 Å². The van der Waals surface area contributed by atoms with E-state index >= 15 is 0 Å². The van der Waals surface area contributed by atoms with E-state index in [9.17, 15) is 15.3 Å². The summed E-state index contributed by atoms with van der Waals surface area (Å²) >= 11 is 0. The molecule has 0 unspecified atom stereocenters. The lowest BCUT2D eigenvalue weighted by atomic mass is 9.88. The summed E-state index contributed by atoms with van der Waals surface area (Å²) < 4.78 is 0. The molecule has 5 nitrogen and oxygen atoms in total. The molecule has 1 rings (SSSR count). The van der Waals surface area contributed by atoms with Crippen LogP contribution in [0.1, 0.15) is 26.3 Å². The Bertz CT molecular complexity index is 359. The van der Waals surface area contributed by atoms with Gasteiger partial charge in [-0.05, 0) is 17.0 Å². The van der Waals surface area contributed by atoms with Gasteiger partial charge in [0.1, 0.15) is 11.4 Å². The van der Waals surface area contributed by atoms with Crippen LogP contribution in [0.2, 0.25) is 0 Å². The molecule has 0 aromatic carbocycles. The summed E-state index contributed by atoms with van der Waals surface area (Å²) in [5, 5.41) is 30.5. The summed E-state index contributed by atoms with van der Waals surface area (Å²) in [5.41, 5.74) is -0.0280. The van der Waals surface area contributed by atoms with Gasteiger partial charge in [0.15, 0.2) is 0 Å². The van der Waals surface area contributed by atoms with Gasteiger partial charge in [-0.1, -0.05) is 26.8 Å². The molecule has 0 fully saturated rings. The summed E-state index contributed by atoms with van der Waals surface area (Å²) in [6.07, 6.45) is 1.75. The lowest BCUT2D eigenvalue weighted by molar-refractivity contribution is 0.0831. The van der Waals surface area contributed by atoms with Crippen molar-refractivity contribution in [1.29, 1.82) is 0 Å². The number of hydrogen-bond acceptors (Lipinski definition) is 5. The zero-order valence-corrected chi connectivity index (χ0v) is 11.1. The highest BCUT2D eigenvalue weighted by Crippen LogP contribution is 2.22. The third-order valence-corrected chi connectivity index (χ3v) is 2.93. The number of aromatic nitrogens is 1. The molecule has 1 aromatic heterocycles. The Morgan fingerprint density at radius 2 is 1.61 bits per heavy atom. The molecule has 0 radical (unpaired) electrons. The first kappa shape index (κ1) is 14.9. The fourth-order valence-electron chi connectivity index (χ4n) is 1.45. The van der Waals surface area contributed by atoms with Crippen molar-refractivity contribution in [3.63, 3.8) is 0 Å². The largest absolute Gasteiger partial charge is 0.394 e. The molecule has 5 heteroatoms. The molecular formula is C13H22N2O3. The fraction of sp³-hybridized carbons (Fsp3) is 0.615. The number of rotatable bonds is 5. The average Bonchev–Trinajstić information content (AvgIpc) is 2.36. The van der Waals surface area contributed by atoms with E-state index in [1.807, 2.05) is 6.07 Å². The Labute approximate surface area is 108 Å². The van der Waals surface area contributed by atoms with E-state index in [1.54, 1.807) is 12.3 Å². The second-order valence-electron chi connectivity index (χ2n) is 5.56. The molecular weight excluding hydrogens is 232 g/mol. The van der Waals surface area contributed by atoms with E-state index in [-0.39, 0.29) is 25.2 Å². The number of aliphatic hydroxyl groups excluding tert-OH is 3. The molecule has 18 heavy (non-hydrogen) atoms. The lowest BCUT2D eigenvalue weighted by Crippen LogP contribution is -2.49. The molecule has 0 amide bonds. The predicted molar refractivity (Wildman–Crippen MR) is 70.5 cm³/mol. The van der Waals surface area contributed by atoms with Crippen molar-refractivity contribution < 1.29 is 15.3 Å². The van der Waals surface area contributed by atoms with Crippen LogP contribution in [0.3, 0.4) is 0 Å². The van der Waals surface area contributed by atoms with Crippen LogP contribution in [0, 0.1) is 0 Å². The van der Waals surface area contributed by atoms with Crippen molar-refractivity contribution in [2.45, 2.75) is 31.7 Å². The third-order valence-electron chi connectivity index (χ3n) is 2.93. The molecule has 1 aromatic rings. The molecule has 0 saturated heterocycles. The smallest absolute Gasteiger partial charge is 0.126 e. The normalized spacial score (nSPS) is 12.6. The molecule has 0 saturated carbocycles. The summed E-state index contributed by atoms with van der Waals surface area (Å²) in [7, 11) is 0. The first-order valence-electron chi connectivity index (χ1n) is 5.94. The van der Waals surface area contributed by atoms with E-state index in [0.717, 1.165) is 5.56 Å². The van der Waals surface area contributed by atoms with Gasteiger partial charge in [-0.3, -0.25) is 0 Å². The number of aliphatic hydroxyl groups is 3. The highest BCUT2D eigenvalue weighted by molar-refractivity contribution is 5.40. The van der Waals surface area contributed by atoms with Crippen molar-refractivity contribution in [3.05, 3.63) is 23.9 Å². The molecule has 0 atom stereocenters. The maximum atomic E-state index is 9.21. The van der Waals surface area contributed by atoms with Gasteiger partial charge in [-0.2, -0.15) is 0 Å².